The molecule has 0 saturated carbocycles. The van der Waals surface area contributed by atoms with Crippen LogP contribution in [0, 0.1) is 0 Å². The Morgan fingerprint density at radius 2 is 2.00 bits per heavy atom. The van der Waals surface area contributed by atoms with Gasteiger partial charge in [0, 0.05) is 13.1 Å². The van der Waals surface area contributed by atoms with Crippen LogP contribution >= 0.6 is 11.3 Å². The normalized spacial score (nSPS) is 11.9. The van der Waals surface area contributed by atoms with Gasteiger partial charge in [-0.05, 0) is 25.2 Å². The number of aromatic carboxylic acids is 1. The number of nitrogens with zero attached hydrogens (tertiary/aromatic N) is 1. The van der Waals surface area contributed by atoms with Crippen LogP contribution in [0.3, 0.4) is 0 Å². The van der Waals surface area contributed by atoms with Gasteiger partial charge in [-0.25, -0.2) is 17.9 Å². The molecule has 1 heterocycles. The number of thiophene rings is 1. The summed E-state index contributed by atoms with van der Waals surface area (Å²) in [5.41, 5.74) is 0. The Hall–Kier alpha value is -0.960. The van der Waals surface area contributed by atoms with Crippen molar-refractivity contribution >= 4 is 27.3 Å². The molecule has 1 aromatic heterocycles. The van der Waals surface area contributed by atoms with Crippen LogP contribution in [0.15, 0.2) is 16.3 Å². The Morgan fingerprint density at radius 1 is 1.37 bits per heavy atom. The Labute approximate surface area is 117 Å². The summed E-state index contributed by atoms with van der Waals surface area (Å²) in [6.45, 7) is 6.68. The molecule has 0 aliphatic carbocycles. The number of sulfonamides is 1. The van der Waals surface area contributed by atoms with E-state index in [4.69, 9.17) is 5.11 Å². The van der Waals surface area contributed by atoms with Gasteiger partial charge in [0.2, 0.25) is 10.0 Å². The fraction of sp³-hybridized carbons (Fsp3) is 0.545. The molecule has 0 unspecified atom stereocenters. The van der Waals surface area contributed by atoms with Gasteiger partial charge in [-0.15, -0.1) is 11.3 Å². The largest absolute Gasteiger partial charge is 0.477 e. The van der Waals surface area contributed by atoms with Crippen LogP contribution in [0.1, 0.15) is 23.5 Å². The number of carboxylic acid groups (broad SMARTS) is 1. The molecule has 0 spiro atoms. The van der Waals surface area contributed by atoms with Crippen LogP contribution in [0.25, 0.3) is 0 Å². The predicted octanol–water partition coefficient (Wildman–Crippen LogP) is 1.07. The average Bonchev–Trinajstić information content (AvgIpc) is 2.85. The average molecular weight is 306 g/mol. The molecule has 6 nitrogen and oxygen atoms in total. The summed E-state index contributed by atoms with van der Waals surface area (Å²) >= 11 is 0.755. The molecule has 0 aliphatic heterocycles. The van der Waals surface area contributed by atoms with E-state index in [2.05, 4.69) is 9.62 Å². The summed E-state index contributed by atoms with van der Waals surface area (Å²) in [7, 11) is -3.61. The summed E-state index contributed by atoms with van der Waals surface area (Å²) in [6.07, 6.45) is 0. The summed E-state index contributed by atoms with van der Waals surface area (Å²) in [4.78, 5) is 12.8. The van der Waals surface area contributed by atoms with Crippen LogP contribution in [0.2, 0.25) is 0 Å². The minimum Gasteiger partial charge on any atom is -0.477 e. The van der Waals surface area contributed by atoms with E-state index in [9.17, 15) is 13.2 Å². The standard InChI is InChI=1S/C11H18N2O4S2/c1-3-13(4-2)8-7-12-19(16,17)10-6-5-9(18-10)11(14)15/h5-6,12H,3-4,7-8H2,1-2H3,(H,14,15). The molecule has 0 aliphatic rings. The first-order chi connectivity index (χ1) is 8.90. The molecule has 0 fully saturated rings. The molecule has 1 rings (SSSR count). The summed E-state index contributed by atoms with van der Waals surface area (Å²) in [5, 5.41) is 8.77. The van der Waals surface area contributed by atoms with Gasteiger partial charge in [0.15, 0.2) is 0 Å². The van der Waals surface area contributed by atoms with E-state index in [1.165, 1.54) is 12.1 Å². The van der Waals surface area contributed by atoms with Crippen molar-refractivity contribution in [1.29, 1.82) is 0 Å². The third-order valence-electron chi connectivity index (χ3n) is 2.67. The highest BCUT2D eigenvalue weighted by Gasteiger charge is 2.18. The minimum absolute atomic E-state index is 0.0177. The molecule has 8 heteroatoms. The molecular formula is C11H18N2O4S2. The summed E-state index contributed by atoms with van der Waals surface area (Å²) in [5.74, 6) is -1.12. The van der Waals surface area contributed by atoms with Gasteiger partial charge in [-0.3, -0.25) is 0 Å². The van der Waals surface area contributed by atoms with Gasteiger partial charge >= 0.3 is 5.97 Å². The SMILES string of the molecule is CCN(CC)CCNS(=O)(=O)c1ccc(C(=O)O)s1. The first kappa shape index (κ1) is 16.1. The molecule has 108 valence electrons. The monoisotopic (exact) mass is 306 g/mol. The number of carboxylic acids is 1. The zero-order valence-corrected chi connectivity index (χ0v) is 12.6. The molecule has 0 bridgehead atoms. The highest BCUT2D eigenvalue weighted by molar-refractivity contribution is 7.91. The van der Waals surface area contributed by atoms with Crippen molar-refractivity contribution in [3.05, 3.63) is 17.0 Å². The van der Waals surface area contributed by atoms with Gasteiger partial charge < -0.3 is 10.0 Å². The first-order valence-corrected chi connectivity index (χ1v) is 8.25. The van der Waals surface area contributed by atoms with Crippen LogP contribution in [-0.4, -0.2) is 50.6 Å². The molecule has 0 radical (unpaired) electrons. The van der Waals surface area contributed by atoms with E-state index in [0.29, 0.717) is 13.1 Å². The number of rotatable bonds is 8. The van der Waals surface area contributed by atoms with Gasteiger partial charge in [0.05, 0.1) is 0 Å². The van der Waals surface area contributed by atoms with E-state index in [0.717, 1.165) is 24.4 Å². The Bertz CT molecular complexity index is 521. The van der Waals surface area contributed by atoms with Crippen molar-refractivity contribution in [1.82, 2.24) is 9.62 Å². The molecule has 19 heavy (non-hydrogen) atoms. The second kappa shape index (κ2) is 6.99. The molecule has 0 atom stereocenters. The maximum absolute atomic E-state index is 11.9. The number of carbonyl (C=O) groups is 1. The number of hydrogen-bond donors (Lipinski definition) is 2. The third-order valence-corrected chi connectivity index (χ3v) is 5.70. The van der Waals surface area contributed by atoms with Gasteiger partial charge in [0.1, 0.15) is 9.09 Å². The van der Waals surface area contributed by atoms with Gasteiger partial charge in [-0.2, -0.15) is 0 Å². The fourth-order valence-corrected chi connectivity index (χ4v) is 3.74. The topological polar surface area (TPSA) is 86.7 Å². The lowest BCUT2D eigenvalue weighted by molar-refractivity contribution is 0.0702. The minimum atomic E-state index is -3.61. The van der Waals surface area contributed by atoms with Gasteiger partial charge in [-0.1, -0.05) is 13.8 Å². The smallest absolute Gasteiger partial charge is 0.345 e. The zero-order valence-electron chi connectivity index (χ0n) is 10.9. The lowest BCUT2D eigenvalue weighted by atomic mass is 10.5. The van der Waals surface area contributed by atoms with Crippen LogP contribution in [-0.2, 0) is 10.0 Å². The molecule has 0 amide bonds. The lowest BCUT2D eigenvalue weighted by Crippen LogP contribution is -2.34. The van der Waals surface area contributed by atoms with E-state index in [1.54, 1.807) is 0 Å². The van der Waals surface area contributed by atoms with Crippen LogP contribution < -0.4 is 4.72 Å². The highest BCUT2D eigenvalue weighted by atomic mass is 32.2. The molecule has 0 aromatic carbocycles. The Kier molecular flexibility index (Phi) is 5.92. The van der Waals surface area contributed by atoms with E-state index in [-0.39, 0.29) is 9.09 Å². The molecule has 2 N–H and O–H groups in total. The van der Waals surface area contributed by atoms with E-state index >= 15 is 0 Å². The van der Waals surface area contributed by atoms with Crippen molar-refractivity contribution in [2.24, 2.45) is 0 Å². The lowest BCUT2D eigenvalue weighted by Gasteiger charge is -2.17. The van der Waals surface area contributed by atoms with Gasteiger partial charge in [0.25, 0.3) is 0 Å². The molecule has 1 aromatic rings. The Balaban J connectivity index is 2.63. The molecular weight excluding hydrogens is 288 g/mol. The maximum Gasteiger partial charge on any atom is 0.345 e. The van der Waals surface area contributed by atoms with Crippen molar-refractivity contribution in [2.45, 2.75) is 18.1 Å². The quantitative estimate of drug-likeness (QED) is 0.750. The summed E-state index contributed by atoms with van der Waals surface area (Å²) in [6, 6.07) is 2.61. The number of hydrogen-bond acceptors (Lipinski definition) is 5. The highest BCUT2D eigenvalue weighted by Crippen LogP contribution is 2.21. The van der Waals surface area contributed by atoms with Crippen molar-refractivity contribution in [3.63, 3.8) is 0 Å². The molecule has 0 saturated heterocycles. The van der Waals surface area contributed by atoms with E-state index < -0.39 is 16.0 Å². The third kappa shape index (κ3) is 4.57. The van der Waals surface area contributed by atoms with Crippen LogP contribution in [0.4, 0.5) is 0 Å². The van der Waals surface area contributed by atoms with Crippen molar-refractivity contribution in [3.8, 4) is 0 Å². The predicted molar refractivity (Wildman–Crippen MR) is 74.3 cm³/mol. The van der Waals surface area contributed by atoms with Crippen molar-refractivity contribution in [2.75, 3.05) is 26.2 Å². The number of likely N-dealkylation sites (N-methyl/N-ethyl adjacent to an activating group) is 1. The van der Waals surface area contributed by atoms with E-state index in [1.807, 2.05) is 13.8 Å². The fourth-order valence-electron chi connectivity index (χ4n) is 1.53. The second-order valence-corrected chi connectivity index (χ2v) is 6.93. The van der Waals surface area contributed by atoms with Crippen molar-refractivity contribution < 1.29 is 18.3 Å². The second-order valence-electron chi connectivity index (χ2n) is 3.85. The zero-order chi connectivity index (χ0) is 14.5. The Morgan fingerprint density at radius 3 is 2.47 bits per heavy atom. The maximum atomic E-state index is 11.9. The number of nitrogens with one attached hydrogen (secondary N) is 1. The summed E-state index contributed by atoms with van der Waals surface area (Å²) < 4.78 is 26.3. The van der Waals surface area contributed by atoms with Crippen LogP contribution in [0.5, 0.6) is 0 Å². The first-order valence-electron chi connectivity index (χ1n) is 5.95.